The van der Waals surface area contributed by atoms with Crippen molar-refractivity contribution < 1.29 is 48.3 Å². The molecule has 0 rings (SSSR count). The fourth-order valence-corrected chi connectivity index (χ4v) is 5.94. The van der Waals surface area contributed by atoms with Crippen LogP contribution < -0.4 is 59.7 Å². The summed E-state index contributed by atoms with van der Waals surface area (Å²) in [5.74, 6) is -8.20. The van der Waals surface area contributed by atoms with Crippen LogP contribution in [0.4, 0.5) is 0 Å². The van der Waals surface area contributed by atoms with Crippen LogP contribution >= 0.6 is 0 Å². The van der Waals surface area contributed by atoms with E-state index >= 15 is 0 Å². The topological polar surface area (TPSA) is 361 Å². The molecule has 0 saturated heterocycles. The molecule has 0 aromatic carbocycles. The minimum absolute atomic E-state index is 0.0123. The van der Waals surface area contributed by atoms with Gasteiger partial charge in [-0.3, -0.25) is 43.3 Å². The molecule has 0 heterocycles. The number of amides is 8. The number of hydrogen-bond acceptors (Lipinski definition) is 11. The average molecular weight is 897 g/mol. The molecule has 0 aliphatic heterocycles. The van der Waals surface area contributed by atoms with Crippen molar-refractivity contribution in [3.05, 3.63) is 0 Å². The van der Waals surface area contributed by atoms with E-state index < -0.39 is 119 Å². The van der Waals surface area contributed by atoms with E-state index in [0.29, 0.717) is 19.3 Å². The first-order valence-corrected chi connectivity index (χ1v) is 21.6. The van der Waals surface area contributed by atoms with E-state index in [0.717, 1.165) is 0 Å². The summed E-state index contributed by atoms with van der Waals surface area (Å²) in [6.45, 7) is 19.8. The van der Waals surface area contributed by atoms with Crippen molar-refractivity contribution in [2.75, 3.05) is 6.54 Å². The van der Waals surface area contributed by atoms with Crippen LogP contribution in [-0.2, 0) is 43.2 Å². The molecule has 0 radical (unpaired) electrons. The Morgan fingerprint density at radius 2 is 0.889 bits per heavy atom. The molecule has 0 spiro atoms. The first kappa shape index (κ1) is 57.5. The van der Waals surface area contributed by atoms with Gasteiger partial charge in [-0.2, -0.15) is 0 Å². The zero-order valence-electron chi connectivity index (χ0n) is 39.0. The summed E-state index contributed by atoms with van der Waals surface area (Å²) in [7, 11) is 0. The first-order chi connectivity index (χ1) is 29.2. The number of carbonyl (C=O) groups excluding carboxylic acids is 8. The number of aliphatic imine (C=N–C) groups is 1. The lowest BCUT2D eigenvalue weighted by Crippen LogP contribution is -2.61. The first-order valence-electron chi connectivity index (χ1n) is 21.6. The van der Waals surface area contributed by atoms with E-state index in [1.165, 1.54) is 27.7 Å². The molecule has 0 fully saturated rings. The van der Waals surface area contributed by atoms with E-state index in [-0.39, 0.29) is 37.2 Å². The van der Waals surface area contributed by atoms with Crippen LogP contribution in [0.3, 0.4) is 0 Å². The van der Waals surface area contributed by atoms with Gasteiger partial charge in [0.1, 0.15) is 48.3 Å². The number of nitrogens with two attached hydrogens (primary N) is 3. The lowest BCUT2D eigenvalue weighted by molar-refractivity contribution is -0.143. The van der Waals surface area contributed by atoms with Gasteiger partial charge in [0, 0.05) is 6.54 Å². The van der Waals surface area contributed by atoms with Crippen LogP contribution in [0.5, 0.6) is 0 Å². The molecule has 0 unspecified atom stereocenters. The van der Waals surface area contributed by atoms with E-state index in [4.69, 9.17) is 17.2 Å². The normalized spacial score (nSPS) is 16.4. The molecule has 15 N–H and O–H groups in total. The van der Waals surface area contributed by atoms with Crippen molar-refractivity contribution in [3.63, 3.8) is 0 Å². The van der Waals surface area contributed by atoms with E-state index in [2.05, 4.69) is 47.5 Å². The highest BCUT2D eigenvalue weighted by Gasteiger charge is 2.35. The van der Waals surface area contributed by atoms with E-state index in [1.54, 1.807) is 41.5 Å². The summed E-state index contributed by atoms with van der Waals surface area (Å²) in [5.41, 5.74) is 16.8. The van der Waals surface area contributed by atoms with E-state index in [1.807, 2.05) is 13.8 Å². The lowest BCUT2D eigenvalue weighted by atomic mass is 9.96. The highest BCUT2D eigenvalue weighted by Crippen LogP contribution is 2.12. The Morgan fingerprint density at radius 3 is 1.33 bits per heavy atom. The fraction of sp³-hybridized carbons (Fsp3) is 0.756. The van der Waals surface area contributed by atoms with Crippen LogP contribution in [0.1, 0.15) is 115 Å². The molecule has 0 bridgehead atoms. The molecular weight excluding hydrogens is 821 g/mol. The second kappa shape index (κ2) is 28.2. The Bertz CT molecular complexity index is 1610. The largest absolute Gasteiger partial charge is 0.480 e. The number of guanidine groups is 1. The summed E-state index contributed by atoms with van der Waals surface area (Å²) in [4.78, 5) is 121. The molecule has 0 saturated carbocycles. The maximum absolute atomic E-state index is 13.7. The number of carbonyl (C=O) groups is 9. The molecule has 8 amide bonds. The fourth-order valence-electron chi connectivity index (χ4n) is 5.94. The Balaban J connectivity index is 5.94. The van der Waals surface area contributed by atoms with Gasteiger partial charge in [0.05, 0.1) is 6.04 Å². The number of nitrogens with zero attached hydrogens (tertiary/aromatic N) is 1. The monoisotopic (exact) mass is 897 g/mol. The zero-order chi connectivity index (χ0) is 48.9. The molecule has 22 heteroatoms. The molecular formula is C41H76N12O10. The van der Waals surface area contributed by atoms with Gasteiger partial charge in [-0.05, 0) is 70.6 Å². The van der Waals surface area contributed by atoms with Gasteiger partial charge in [-0.25, -0.2) is 4.79 Å². The number of rotatable bonds is 28. The molecule has 0 aliphatic carbocycles. The van der Waals surface area contributed by atoms with Gasteiger partial charge < -0.3 is 64.8 Å². The molecule has 0 aromatic rings. The Labute approximate surface area is 371 Å². The molecule has 11 atom stereocenters. The van der Waals surface area contributed by atoms with Crippen molar-refractivity contribution >= 4 is 59.2 Å². The number of carboxylic acid groups (broad SMARTS) is 1. The summed E-state index contributed by atoms with van der Waals surface area (Å²) < 4.78 is 0. The van der Waals surface area contributed by atoms with Gasteiger partial charge in [-0.1, -0.05) is 68.2 Å². The van der Waals surface area contributed by atoms with Crippen molar-refractivity contribution in [2.45, 2.75) is 170 Å². The van der Waals surface area contributed by atoms with Gasteiger partial charge in [0.25, 0.3) is 0 Å². The second-order valence-electron chi connectivity index (χ2n) is 17.0. The van der Waals surface area contributed by atoms with E-state index in [9.17, 15) is 48.3 Å². The highest BCUT2D eigenvalue weighted by atomic mass is 16.4. The van der Waals surface area contributed by atoms with Crippen LogP contribution in [0.15, 0.2) is 4.99 Å². The predicted molar refractivity (Wildman–Crippen MR) is 237 cm³/mol. The highest BCUT2D eigenvalue weighted by molar-refractivity contribution is 5.98. The SMILES string of the molecule is CC[C@H](C)[C@H](NC(=O)[C@H](C)NC(=O)[C@@H](NC(=O)[C@@H](NC(=O)[C@H](C)NC(=O)[C@H](CCCN=C(N)N)NC(=O)[C@H](C)NC(=O)[C@H](C)NC(=O)[C@@H](N)CC(C)C)[C@@H](C)CC)C(C)C)C(=O)O. The van der Waals surface area contributed by atoms with Gasteiger partial charge in [-0.15, -0.1) is 0 Å². The third-order valence-electron chi connectivity index (χ3n) is 10.5. The number of nitrogens with one attached hydrogen (secondary N) is 8. The molecule has 0 aromatic heterocycles. The van der Waals surface area contributed by atoms with Crippen molar-refractivity contribution in [3.8, 4) is 0 Å². The molecule has 22 nitrogen and oxygen atoms in total. The summed E-state index contributed by atoms with van der Waals surface area (Å²) in [6, 6.07) is -10.2. The summed E-state index contributed by atoms with van der Waals surface area (Å²) >= 11 is 0. The lowest BCUT2D eigenvalue weighted by Gasteiger charge is -2.30. The second-order valence-corrected chi connectivity index (χ2v) is 17.0. The molecule has 0 aliphatic rings. The van der Waals surface area contributed by atoms with Crippen LogP contribution in [0.25, 0.3) is 0 Å². The predicted octanol–water partition coefficient (Wildman–Crippen LogP) is -1.80. The zero-order valence-corrected chi connectivity index (χ0v) is 39.0. The van der Waals surface area contributed by atoms with Crippen molar-refractivity contribution in [2.24, 2.45) is 45.9 Å². The standard InChI is InChI=1S/C41H76N12O10/c1-13-21(7)30(39(61)51-29(20(5)6)38(60)49-26(12)35(57)53-31(40(62)63)22(8)14-2)52-34(56)25(11)48-37(59)28(16-15-17-45-41(43)44)50-33(55)24(10)46-32(54)23(9)47-36(58)27(42)18-19(3)4/h19-31H,13-18,42H2,1-12H3,(H,46,54)(H,47,58)(H,48,59)(H,49,60)(H,50,55)(H,51,61)(H,52,56)(H,53,57)(H,62,63)(H4,43,44,45)/t21-,22-,23-,24-,25-,26-,27-,28-,29-,30-,31-/m0/s1. The maximum Gasteiger partial charge on any atom is 0.326 e. The van der Waals surface area contributed by atoms with Crippen molar-refractivity contribution in [1.82, 2.24) is 42.5 Å². The minimum atomic E-state index is -1.24. The van der Waals surface area contributed by atoms with Gasteiger partial charge >= 0.3 is 5.97 Å². The van der Waals surface area contributed by atoms with Crippen LogP contribution in [-0.4, -0.2) is 125 Å². The van der Waals surface area contributed by atoms with Gasteiger partial charge in [0.2, 0.25) is 47.3 Å². The van der Waals surface area contributed by atoms with Gasteiger partial charge in [0.15, 0.2) is 5.96 Å². The number of aliphatic carboxylic acids is 1. The number of hydrogen-bond donors (Lipinski definition) is 12. The smallest absolute Gasteiger partial charge is 0.326 e. The Kier molecular flexibility index (Phi) is 25.7. The quantitative estimate of drug-likeness (QED) is 0.0235. The van der Waals surface area contributed by atoms with Crippen LogP contribution in [0, 0.1) is 23.7 Å². The molecule has 63 heavy (non-hydrogen) atoms. The Morgan fingerprint density at radius 1 is 0.508 bits per heavy atom. The van der Waals surface area contributed by atoms with Crippen molar-refractivity contribution in [1.29, 1.82) is 0 Å². The minimum Gasteiger partial charge on any atom is -0.480 e. The third kappa shape index (κ3) is 20.9. The van der Waals surface area contributed by atoms with Crippen LogP contribution in [0.2, 0.25) is 0 Å². The maximum atomic E-state index is 13.7. The molecule has 360 valence electrons. The Hall–Kier alpha value is -5.54. The third-order valence-corrected chi connectivity index (χ3v) is 10.5. The average Bonchev–Trinajstić information content (AvgIpc) is 3.19. The summed E-state index contributed by atoms with van der Waals surface area (Å²) in [6.07, 6.45) is 1.55. The number of carboxylic acids is 1. The summed E-state index contributed by atoms with van der Waals surface area (Å²) in [5, 5.41) is 30.0.